The molecule has 2 aromatic rings. The van der Waals surface area contributed by atoms with Gasteiger partial charge in [-0.05, 0) is 49.3 Å². The Morgan fingerprint density at radius 2 is 1.96 bits per heavy atom. The molecule has 4 unspecified atom stereocenters. The highest BCUT2D eigenvalue weighted by atomic mass is 16.3. The van der Waals surface area contributed by atoms with Gasteiger partial charge in [0, 0.05) is 12.5 Å². The molecule has 1 aliphatic rings. The molecular weight excluding hydrogens is 286 g/mol. The molecule has 1 heterocycles. The molecule has 23 heavy (non-hydrogen) atoms. The molecule has 0 amide bonds. The largest absolute Gasteiger partial charge is 0.464 e. The zero-order valence-electron chi connectivity index (χ0n) is 14.0. The van der Waals surface area contributed by atoms with Gasteiger partial charge in [0.05, 0.1) is 12.6 Å². The minimum atomic E-state index is -0.298. The Hall–Kier alpha value is -1.58. The van der Waals surface area contributed by atoms with Crippen LogP contribution in [0.5, 0.6) is 0 Å². The third kappa shape index (κ3) is 4.46. The number of hydrogen-bond acceptors (Lipinski definition) is 3. The topological polar surface area (TPSA) is 45.4 Å². The summed E-state index contributed by atoms with van der Waals surface area (Å²) in [5, 5.41) is 13.2. The van der Waals surface area contributed by atoms with Crippen molar-refractivity contribution in [2.24, 2.45) is 5.92 Å². The van der Waals surface area contributed by atoms with Crippen molar-refractivity contribution >= 4 is 0 Å². The molecule has 1 aliphatic carbocycles. The van der Waals surface area contributed by atoms with Gasteiger partial charge in [0.15, 0.2) is 0 Å². The number of aliphatic hydroxyl groups excluding tert-OH is 1. The van der Waals surface area contributed by atoms with E-state index in [9.17, 15) is 5.11 Å². The monoisotopic (exact) mass is 313 g/mol. The van der Waals surface area contributed by atoms with Crippen molar-refractivity contribution < 1.29 is 9.52 Å². The summed E-state index contributed by atoms with van der Waals surface area (Å²) in [7, 11) is 0. The molecule has 0 aliphatic heterocycles. The van der Waals surface area contributed by atoms with Crippen molar-refractivity contribution in [3.8, 4) is 0 Å². The molecule has 3 heteroatoms. The Labute approximate surface area is 138 Å². The van der Waals surface area contributed by atoms with E-state index in [1.165, 1.54) is 12.0 Å². The normalized spacial score (nSPS) is 22.7. The first-order chi connectivity index (χ1) is 11.1. The quantitative estimate of drug-likeness (QED) is 0.773. The van der Waals surface area contributed by atoms with E-state index in [4.69, 9.17) is 4.42 Å². The average Bonchev–Trinajstić information content (AvgIpc) is 3.08. The number of furan rings is 1. The van der Waals surface area contributed by atoms with Crippen LogP contribution in [0, 0.1) is 5.92 Å². The summed E-state index contributed by atoms with van der Waals surface area (Å²) < 4.78 is 5.93. The maximum Gasteiger partial charge on any atom is 0.117 e. The van der Waals surface area contributed by atoms with E-state index in [-0.39, 0.29) is 6.10 Å². The van der Waals surface area contributed by atoms with Crippen molar-refractivity contribution in [2.75, 3.05) is 6.54 Å². The fraction of sp³-hybridized carbons (Fsp3) is 0.500. The van der Waals surface area contributed by atoms with Crippen LogP contribution in [0.3, 0.4) is 0 Å². The highest BCUT2D eigenvalue weighted by Crippen LogP contribution is 2.47. The second-order valence-electron chi connectivity index (χ2n) is 6.95. The van der Waals surface area contributed by atoms with E-state index in [1.54, 1.807) is 0 Å². The fourth-order valence-electron chi connectivity index (χ4n) is 3.25. The first kappa shape index (κ1) is 16.3. The predicted molar refractivity (Wildman–Crippen MR) is 92.4 cm³/mol. The fourth-order valence-corrected chi connectivity index (χ4v) is 3.25. The Bertz CT molecular complexity index is 605. The minimum absolute atomic E-state index is 0.298. The van der Waals surface area contributed by atoms with Crippen molar-refractivity contribution in [3.63, 3.8) is 0 Å². The average molecular weight is 313 g/mol. The van der Waals surface area contributed by atoms with Gasteiger partial charge in [-0.3, -0.25) is 0 Å². The number of aliphatic hydroxyl groups is 1. The Kier molecular flexibility index (Phi) is 5.19. The zero-order valence-corrected chi connectivity index (χ0v) is 14.0. The lowest BCUT2D eigenvalue weighted by molar-refractivity contribution is 0.173. The molecule has 1 fully saturated rings. The van der Waals surface area contributed by atoms with E-state index in [0.29, 0.717) is 11.8 Å². The van der Waals surface area contributed by atoms with Gasteiger partial charge in [-0.15, -0.1) is 0 Å². The van der Waals surface area contributed by atoms with Crippen LogP contribution in [0.4, 0.5) is 0 Å². The first-order valence-corrected chi connectivity index (χ1v) is 8.66. The second-order valence-corrected chi connectivity index (χ2v) is 6.95. The van der Waals surface area contributed by atoms with Gasteiger partial charge in [-0.2, -0.15) is 0 Å². The molecule has 0 spiro atoms. The highest BCUT2D eigenvalue weighted by Gasteiger charge is 2.36. The van der Waals surface area contributed by atoms with Gasteiger partial charge < -0.3 is 14.8 Å². The van der Waals surface area contributed by atoms with E-state index in [2.05, 4.69) is 48.6 Å². The van der Waals surface area contributed by atoms with E-state index < -0.39 is 0 Å². The maximum atomic E-state index is 9.75. The van der Waals surface area contributed by atoms with Crippen LogP contribution in [0.25, 0.3) is 0 Å². The molecule has 3 nitrogen and oxygen atoms in total. The summed E-state index contributed by atoms with van der Waals surface area (Å²) in [5.41, 5.74) is 1.27. The van der Waals surface area contributed by atoms with Gasteiger partial charge >= 0.3 is 0 Å². The lowest BCUT2D eigenvalue weighted by Gasteiger charge is -2.19. The van der Waals surface area contributed by atoms with Gasteiger partial charge in [0.2, 0.25) is 0 Å². The summed E-state index contributed by atoms with van der Waals surface area (Å²) in [4.78, 5) is 0. The van der Waals surface area contributed by atoms with Crippen LogP contribution in [0.1, 0.15) is 55.6 Å². The third-order valence-corrected chi connectivity index (χ3v) is 4.74. The number of hydrogen-bond donors (Lipinski definition) is 2. The van der Waals surface area contributed by atoms with Crippen LogP contribution in [-0.4, -0.2) is 17.8 Å². The number of nitrogens with one attached hydrogen (secondary N) is 1. The predicted octanol–water partition coefficient (Wildman–Crippen LogP) is 4.05. The molecule has 1 aromatic heterocycles. The van der Waals surface area contributed by atoms with Crippen LogP contribution in [0.2, 0.25) is 0 Å². The van der Waals surface area contributed by atoms with E-state index >= 15 is 0 Å². The van der Waals surface area contributed by atoms with Crippen molar-refractivity contribution in [2.45, 2.75) is 51.2 Å². The van der Waals surface area contributed by atoms with Crippen LogP contribution in [-0.2, 0) is 6.54 Å². The van der Waals surface area contributed by atoms with E-state index in [1.807, 2.05) is 13.0 Å². The molecule has 0 saturated heterocycles. The summed E-state index contributed by atoms with van der Waals surface area (Å²) >= 11 is 0. The summed E-state index contributed by atoms with van der Waals surface area (Å²) in [5.74, 6) is 3.86. The summed E-state index contributed by atoms with van der Waals surface area (Å²) in [6.07, 6.45) is 1.72. The van der Waals surface area contributed by atoms with Crippen molar-refractivity contribution in [1.29, 1.82) is 0 Å². The van der Waals surface area contributed by atoms with Gasteiger partial charge in [0.1, 0.15) is 11.5 Å². The van der Waals surface area contributed by atoms with E-state index in [0.717, 1.165) is 36.9 Å². The Morgan fingerprint density at radius 1 is 1.22 bits per heavy atom. The molecule has 1 saturated carbocycles. The van der Waals surface area contributed by atoms with Crippen LogP contribution < -0.4 is 5.32 Å². The third-order valence-electron chi connectivity index (χ3n) is 4.74. The molecule has 0 radical (unpaired) electrons. The SMILES string of the molecule is CC(O)CC(CNCc1ccc(C2CC2C)o1)c1ccccc1. The van der Waals surface area contributed by atoms with Crippen molar-refractivity contribution in [3.05, 3.63) is 59.5 Å². The lowest BCUT2D eigenvalue weighted by Crippen LogP contribution is -2.23. The number of rotatable bonds is 8. The number of benzene rings is 1. The maximum absolute atomic E-state index is 9.75. The van der Waals surface area contributed by atoms with Crippen molar-refractivity contribution in [1.82, 2.24) is 5.32 Å². The van der Waals surface area contributed by atoms with Crippen LogP contribution in [0.15, 0.2) is 46.9 Å². The molecule has 0 bridgehead atoms. The van der Waals surface area contributed by atoms with Gasteiger partial charge in [-0.25, -0.2) is 0 Å². The van der Waals surface area contributed by atoms with Gasteiger partial charge in [-0.1, -0.05) is 37.3 Å². The molecular formula is C20H27NO2. The van der Waals surface area contributed by atoms with Crippen LogP contribution >= 0.6 is 0 Å². The second kappa shape index (κ2) is 7.33. The Morgan fingerprint density at radius 3 is 2.61 bits per heavy atom. The standard InChI is InChI=1S/C20H27NO2/c1-14-10-19(14)20-9-8-18(23-20)13-21-12-17(11-15(2)22)16-6-4-3-5-7-16/h3-9,14-15,17,19,21-22H,10-13H2,1-2H3. The zero-order chi connectivity index (χ0) is 16.2. The lowest BCUT2D eigenvalue weighted by atomic mass is 9.93. The minimum Gasteiger partial charge on any atom is -0.464 e. The Balaban J connectivity index is 1.53. The highest BCUT2D eigenvalue weighted by molar-refractivity contribution is 5.20. The summed E-state index contributed by atoms with van der Waals surface area (Å²) in [6, 6.07) is 14.6. The smallest absolute Gasteiger partial charge is 0.117 e. The molecule has 124 valence electrons. The molecule has 2 N–H and O–H groups in total. The summed E-state index contributed by atoms with van der Waals surface area (Å²) in [6.45, 7) is 5.70. The molecule has 4 atom stereocenters. The van der Waals surface area contributed by atoms with Gasteiger partial charge in [0.25, 0.3) is 0 Å². The first-order valence-electron chi connectivity index (χ1n) is 8.66. The molecule has 1 aromatic carbocycles. The molecule has 3 rings (SSSR count).